The van der Waals surface area contributed by atoms with Crippen LogP contribution in [-0.4, -0.2) is 22.0 Å². The minimum atomic E-state index is -1.07. The number of benzene rings is 1. The Morgan fingerprint density at radius 3 is 2.81 bits per heavy atom. The van der Waals surface area contributed by atoms with Gasteiger partial charge in [-0.2, -0.15) is 0 Å². The van der Waals surface area contributed by atoms with Crippen LogP contribution in [0.15, 0.2) is 48.8 Å². The van der Waals surface area contributed by atoms with Crippen molar-refractivity contribution in [1.82, 2.24) is 4.98 Å². The number of amides is 1. The van der Waals surface area contributed by atoms with E-state index < -0.39 is 17.7 Å². The van der Waals surface area contributed by atoms with E-state index >= 15 is 0 Å². The van der Waals surface area contributed by atoms with Crippen molar-refractivity contribution in [2.45, 2.75) is 0 Å². The minimum absolute atomic E-state index is 0.114. The van der Waals surface area contributed by atoms with E-state index in [-0.39, 0.29) is 5.56 Å². The fourth-order valence-electron chi connectivity index (χ4n) is 1.65. The van der Waals surface area contributed by atoms with Crippen LogP contribution in [0.25, 0.3) is 6.08 Å². The molecule has 2 rings (SSSR count). The van der Waals surface area contributed by atoms with Crippen molar-refractivity contribution in [3.63, 3.8) is 0 Å². The fraction of sp³-hybridized carbons (Fsp3) is 0. The second-order valence-corrected chi connectivity index (χ2v) is 4.11. The Labute approximate surface area is 119 Å². The van der Waals surface area contributed by atoms with Gasteiger partial charge in [0.05, 0.1) is 11.8 Å². The van der Waals surface area contributed by atoms with Crippen LogP contribution >= 0.6 is 0 Å². The first-order valence-corrected chi connectivity index (χ1v) is 5.98. The monoisotopic (exact) mass is 286 g/mol. The lowest BCUT2D eigenvalue weighted by molar-refractivity contribution is -0.131. The summed E-state index contributed by atoms with van der Waals surface area (Å²) in [5, 5.41) is 11.1. The first-order chi connectivity index (χ1) is 10.1. The molecular formula is C15H11FN2O3. The summed E-state index contributed by atoms with van der Waals surface area (Å²) in [4.78, 5) is 25.9. The van der Waals surface area contributed by atoms with Crippen molar-refractivity contribution < 1.29 is 19.1 Å². The van der Waals surface area contributed by atoms with Crippen molar-refractivity contribution in [3.05, 3.63) is 65.7 Å². The molecule has 2 N–H and O–H groups in total. The fourth-order valence-corrected chi connectivity index (χ4v) is 1.65. The molecule has 0 fully saturated rings. The number of carboxylic acid groups (broad SMARTS) is 1. The standard InChI is InChI=1S/C15H11FN2O3/c16-13-9-17-7-6-12(13)15(21)18-11-3-1-2-10(8-11)4-5-14(19)20/h1-9H,(H,18,21)(H,19,20)/b5-4+. The molecule has 0 aliphatic carbocycles. The Bertz CT molecular complexity index is 714. The van der Waals surface area contributed by atoms with Gasteiger partial charge >= 0.3 is 5.97 Å². The normalized spacial score (nSPS) is 10.5. The zero-order valence-corrected chi connectivity index (χ0v) is 10.8. The summed E-state index contributed by atoms with van der Waals surface area (Å²) >= 11 is 0. The number of carboxylic acids is 1. The molecule has 106 valence electrons. The molecule has 1 aromatic heterocycles. The van der Waals surface area contributed by atoms with Gasteiger partial charge in [-0.05, 0) is 29.8 Å². The second kappa shape index (κ2) is 6.42. The van der Waals surface area contributed by atoms with Gasteiger partial charge in [0.25, 0.3) is 5.91 Å². The molecule has 5 nitrogen and oxygen atoms in total. The van der Waals surface area contributed by atoms with E-state index in [1.165, 1.54) is 18.3 Å². The SMILES string of the molecule is O=C(O)/C=C/c1cccc(NC(=O)c2ccncc2F)c1. The summed E-state index contributed by atoms with van der Waals surface area (Å²) in [5.41, 5.74) is 0.922. The second-order valence-electron chi connectivity index (χ2n) is 4.11. The van der Waals surface area contributed by atoms with Gasteiger partial charge in [-0.3, -0.25) is 9.78 Å². The number of rotatable bonds is 4. The van der Waals surface area contributed by atoms with Crippen LogP contribution in [0.2, 0.25) is 0 Å². The lowest BCUT2D eigenvalue weighted by Crippen LogP contribution is -2.13. The summed E-state index contributed by atoms with van der Waals surface area (Å²) in [6.45, 7) is 0. The number of anilines is 1. The van der Waals surface area contributed by atoms with Crippen LogP contribution in [0.1, 0.15) is 15.9 Å². The molecule has 0 saturated carbocycles. The number of hydrogen-bond donors (Lipinski definition) is 2. The quantitative estimate of drug-likeness (QED) is 0.847. The average molecular weight is 286 g/mol. The first-order valence-electron chi connectivity index (χ1n) is 5.98. The van der Waals surface area contributed by atoms with Crippen LogP contribution in [0.3, 0.4) is 0 Å². The number of nitrogens with zero attached hydrogens (tertiary/aromatic N) is 1. The average Bonchev–Trinajstić information content (AvgIpc) is 2.46. The third kappa shape index (κ3) is 3.97. The number of hydrogen-bond acceptors (Lipinski definition) is 3. The van der Waals surface area contributed by atoms with Gasteiger partial charge in [0.1, 0.15) is 0 Å². The van der Waals surface area contributed by atoms with E-state index in [2.05, 4.69) is 10.3 Å². The van der Waals surface area contributed by atoms with Gasteiger partial charge in [0.2, 0.25) is 0 Å². The lowest BCUT2D eigenvalue weighted by Gasteiger charge is -2.06. The van der Waals surface area contributed by atoms with E-state index in [1.54, 1.807) is 24.3 Å². The van der Waals surface area contributed by atoms with Gasteiger partial charge in [0, 0.05) is 18.0 Å². The number of aromatic nitrogens is 1. The van der Waals surface area contributed by atoms with Crippen LogP contribution in [0.4, 0.5) is 10.1 Å². The van der Waals surface area contributed by atoms with Crippen molar-refractivity contribution >= 4 is 23.6 Å². The summed E-state index contributed by atoms with van der Waals surface area (Å²) in [7, 11) is 0. The van der Waals surface area contributed by atoms with Crippen molar-refractivity contribution in [2.24, 2.45) is 0 Å². The molecular weight excluding hydrogens is 275 g/mol. The lowest BCUT2D eigenvalue weighted by atomic mass is 10.1. The van der Waals surface area contributed by atoms with Crippen LogP contribution < -0.4 is 5.32 Å². The summed E-state index contributed by atoms with van der Waals surface area (Å²) in [5.74, 6) is -2.38. The third-order valence-electron chi connectivity index (χ3n) is 2.58. The molecule has 1 heterocycles. The highest BCUT2D eigenvalue weighted by atomic mass is 19.1. The van der Waals surface area contributed by atoms with Crippen molar-refractivity contribution in [3.8, 4) is 0 Å². The van der Waals surface area contributed by atoms with E-state index in [0.29, 0.717) is 11.3 Å². The number of pyridine rings is 1. The van der Waals surface area contributed by atoms with Crippen LogP contribution in [0, 0.1) is 5.82 Å². The maximum atomic E-state index is 13.4. The number of aliphatic carboxylic acids is 1. The Morgan fingerprint density at radius 2 is 2.10 bits per heavy atom. The number of halogens is 1. The number of carbonyl (C=O) groups is 2. The number of nitrogens with one attached hydrogen (secondary N) is 1. The molecule has 0 aliphatic heterocycles. The Kier molecular flexibility index (Phi) is 4.40. The third-order valence-corrected chi connectivity index (χ3v) is 2.58. The molecule has 21 heavy (non-hydrogen) atoms. The molecule has 6 heteroatoms. The van der Waals surface area contributed by atoms with Crippen LogP contribution in [-0.2, 0) is 4.79 Å². The summed E-state index contributed by atoms with van der Waals surface area (Å²) in [6, 6.07) is 7.81. The van der Waals surface area contributed by atoms with E-state index in [1.807, 2.05) is 0 Å². The first kappa shape index (κ1) is 14.4. The topological polar surface area (TPSA) is 79.3 Å². The summed E-state index contributed by atoms with van der Waals surface area (Å²) in [6.07, 6.45) is 4.67. The molecule has 0 bridgehead atoms. The minimum Gasteiger partial charge on any atom is -0.478 e. The van der Waals surface area contributed by atoms with E-state index in [0.717, 1.165) is 12.3 Å². The molecule has 1 amide bonds. The summed E-state index contributed by atoms with van der Waals surface area (Å²) < 4.78 is 13.4. The molecule has 0 radical (unpaired) electrons. The number of carbonyl (C=O) groups excluding carboxylic acids is 1. The Morgan fingerprint density at radius 1 is 1.29 bits per heavy atom. The van der Waals surface area contributed by atoms with Gasteiger partial charge < -0.3 is 10.4 Å². The van der Waals surface area contributed by atoms with Gasteiger partial charge in [0.15, 0.2) is 5.82 Å². The highest BCUT2D eigenvalue weighted by Crippen LogP contribution is 2.14. The molecule has 0 saturated heterocycles. The Hall–Kier alpha value is -3.02. The molecule has 0 spiro atoms. The van der Waals surface area contributed by atoms with E-state index in [4.69, 9.17) is 5.11 Å². The predicted octanol–water partition coefficient (Wildman–Crippen LogP) is 2.57. The molecule has 2 aromatic rings. The molecule has 0 unspecified atom stereocenters. The zero-order chi connectivity index (χ0) is 15.2. The maximum Gasteiger partial charge on any atom is 0.328 e. The van der Waals surface area contributed by atoms with Crippen LogP contribution in [0.5, 0.6) is 0 Å². The predicted molar refractivity (Wildman–Crippen MR) is 75.3 cm³/mol. The van der Waals surface area contributed by atoms with Gasteiger partial charge in [-0.25, -0.2) is 9.18 Å². The highest BCUT2D eigenvalue weighted by molar-refractivity contribution is 6.04. The Balaban J connectivity index is 2.17. The van der Waals surface area contributed by atoms with Crippen molar-refractivity contribution in [2.75, 3.05) is 5.32 Å². The maximum absolute atomic E-state index is 13.4. The zero-order valence-electron chi connectivity index (χ0n) is 10.8. The largest absolute Gasteiger partial charge is 0.478 e. The van der Waals surface area contributed by atoms with Crippen molar-refractivity contribution in [1.29, 1.82) is 0 Å². The molecule has 1 aromatic carbocycles. The van der Waals surface area contributed by atoms with Gasteiger partial charge in [-0.1, -0.05) is 12.1 Å². The molecule has 0 aliphatic rings. The highest BCUT2D eigenvalue weighted by Gasteiger charge is 2.11. The molecule has 0 atom stereocenters. The van der Waals surface area contributed by atoms with Gasteiger partial charge in [-0.15, -0.1) is 0 Å². The smallest absolute Gasteiger partial charge is 0.328 e. The van der Waals surface area contributed by atoms with E-state index in [9.17, 15) is 14.0 Å².